The first kappa shape index (κ1) is 13.8. The van der Waals surface area contributed by atoms with Crippen molar-refractivity contribution in [2.75, 3.05) is 7.11 Å². The number of aromatic nitrogens is 1. The van der Waals surface area contributed by atoms with Crippen molar-refractivity contribution >= 4 is 40.5 Å². The second kappa shape index (κ2) is 6.44. The first-order valence-electron chi connectivity index (χ1n) is 4.71. The summed E-state index contributed by atoms with van der Waals surface area (Å²) in [5, 5.41) is 15.2. The van der Waals surface area contributed by atoms with Crippen molar-refractivity contribution < 1.29 is 19.6 Å². The Morgan fingerprint density at radius 3 is 2.65 bits per heavy atom. The Balaban J connectivity index is 0.000000437. The Morgan fingerprint density at radius 1 is 1.47 bits per heavy atom. The Hall–Kier alpha value is -1.31. The molecule has 0 saturated carbocycles. The van der Waals surface area contributed by atoms with E-state index < -0.39 is 7.69 Å². The van der Waals surface area contributed by atoms with Crippen LogP contribution in [0, 0.1) is 0 Å². The summed E-state index contributed by atoms with van der Waals surface area (Å²) < 4.78 is 5.58. The molecule has 90 valence electrons. The van der Waals surface area contributed by atoms with Crippen LogP contribution in [0.4, 0.5) is 0 Å². The van der Waals surface area contributed by atoms with E-state index in [2.05, 4.69) is 25.7 Å². The van der Waals surface area contributed by atoms with Crippen LogP contribution in [0.5, 0.6) is 0 Å². The van der Waals surface area contributed by atoms with Crippen LogP contribution < -0.4 is 0 Å². The minimum atomic E-state index is -0.750. The third-order valence-corrected chi connectivity index (χ3v) is 2.71. The maximum absolute atomic E-state index is 11.2. The summed E-state index contributed by atoms with van der Waals surface area (Å²) in [6.45, 7) is 0. The molecule has 1 aromatic heterocycles. The van der Waals surface area contributed by atoms with E-state index in [1.54, 1.807) is 6.07 Å². The number of benzene rings is 1. The lowest BCUT2D eigenvalue weighted by molar-refractivity contribution is 0.0595. The van der Waals surface area contributed by atoms with Crippen molar-refractivity contribution in [1.82, 2.24) is 4.98 Å². The van der Waals surface area contributed by atoms with Gasteiger partial charge in [0.2, 0.25) is 0 Å². The van der Waals surface area contributed by atoms with Crippen LogP contribution in [0.3, 0.4) is 0 Å². The molecule has 3 N–H and O–H groups in total. The summed E-state index contributed by atoms with van der Waals surface area (Å²) >= 11 is 3.41. The highest BCUT2D eigenvalue weighted by atomic mass is 79.9. The molecule has 0 aliphatic rings. The molecule has 17 heavy (non-hydrogen) atoms. The summed E-state index contributed by atoms with van der Waals surface area (Å²) in [7, 11) is 0.614. The van der Waals surface area contributed by atoms with Gasteiger partial charge in [-0.25, -0.2) is 4.79 Å². The van der Waals surface area contributed by atoms with Gasteiger partial charge in [-0.3, -0.25) is 0 Å². The van der Waals surface area contributed by atoms with E-state index >= 15 is 0 Å². The molecule has 0 fully saturated rings. The zero-order valence-corrected chi connectivity index (χ0v) is 10.7. The average Bonchev–Trinajstić information content (AvgIpc) is 2.74. The third kappa shape index (κ3) is 3.32. The van der Waals surface area contributed by atoms with Gasteiger partial charge in [0, 0.05) is 15.4 Å². The number of nitrogens with one attached hydrogen (secondary N) is 1. The maximum Gasteiger partial charge on any atom is 0.432 e. The molecule has 0 spiro atoms. The number of esters is 1. The number of hydrogen-bond acceptors (Lipinski definition) is 4. The highest BCUT2D eigenvalue weighted by molar-refractivity contribution is 9.10. The van der Waals surface area contributed by atoms with Gasteiger partial charge in [-0.1, -0.05) is 22.0 Å². The highest BCUT2D eigenvalue weighted by Gasteiger charge is 2.10. The zero-order valence-electron chi connectivity index (χ0n) is 9.11. The van der Waals surface area contributed by atoms with Crippen LogP contribution in [0.2, 0.25) is 0 Å². The smallest absolute Gasteiger partial charge is 0.432 e. The number of hydrogen-bond donors (Lipinski definition) is 3. The predicted octanol–water partition coefficient (Wildman–Crippen LogP) is 0.954. The van der Waals surface area contributed by atoms with Crippen molar-refractivity contribution in [3.63, 3.8) is 0 Å². The van der Waals surface area contributed by atoms with Crippen LogP contribution in [0.1, 0.15) is 10.5 Å². The molecule has 0 saturated heterocycles. The number of halogens is 1. The van der Waals surface area contributed by atoms with Gasteiger partial charge in [0.1, 0.15) is 5.69 Å². The Labute approximate surface area is 107 Å². The summed E-state index contributed by atoms with van der Waals surface area (Å²) in [4.78, 5) is 14.2. The van der Waals surface area contributed by atoms with E-state index in [0.717, 1.165) is 15.4 Å². The van der Waals surface area contributed by atoms with Crippen molar-refractivity contribution in [3.05, 3.63) is 34.4 Å². The summed E-state index contributed by atoms with van der Waals surface area (Å²) in [6, 6.07) is 7.51. The summed E-state index contributed by atoms with van der Waals surface area (Å²) in [5.41, 5.74) is 1.38. The molecule has 0 atom stereocenters. The second-order valence-corrected chi connectivity index (χ2v) is 3.87. The summed E-state index contributed by atoms with van der Waals surface area (Å²) in [5.74, 6) is -0.354. The lowest BCUT2D eigenvalue weighted by Crippen LogP contribution is -2.00. The first-order valence-corrected chi connectivity index (χ1v) is 5.50. The van der Waals surface area contributed by atoms with Crippen molar-refractivity contribution in [2.24, 2.45) is 0 Å². The molecule has 0 unspecified atom stereocenters. The fourth-order valence-electron chi connectivity index (χ4n) is 1.34. The van der Waals surface area contributed by atoms with E-state index in [0.29, 0.717) is 5.69 Å². The number of methoxy groups -OCH3 is 1. The quantitative estimate of drug-likeness (QED) is 0.541. The molecule has 0 bridgehead atoms. The number of ether oxygens (including phenoxy) is 1. The highest BCUT2D eigenvalue weighted by Crippen LogP contribution is 2.24. The summed E-state index contributed by atoms with van der Waals surface area (Å²) in [6.07, 6.45) is 0. The van der Waals surface area contributed by atoms with Gasteiger partial charge < -0.3 is 19.8 Å². The van der Waals surface area contributed by atoms with Gasteiger partial charge in [-0.15, -0.1) is 0 Å². The second-order valence-electron chi connectivity index (χ2n) is 3.02. The number of rotatable bonds is 1. The van der Waals surface area contributed by atoms with Crippen LogP contribution in [0.15, 0.2) is 28.7 Å². The Kier molecular flexibility index (Phi) is 5.21. The topological polar surface area (TPSA) is 82.6 Å². The maximum atomic E-state index is 11.2. The molecule has 0 aliphatic heterocycles. The number of carbonyl (C=O) groups is 1. The molecule has 1 aromatic carbocycles. The molecular weight excluding hydrogens is 289 g/mol. The van der Waals surface area contributed by atoms with E-state index in [4.69, 9.17) is 10.0 Å². The molecule has 0 radical (unpaired) electrons. The number of H-pyrrole nitrogens is 1. The molecular formula is C10H11BBrNO4. The SMILES string of the molecule is COC(=O)c1cc2c(Br)cccc2[nH]1.OBO. The number of carbonyl (C=O) groups excluding carboxylic acids is 1. The van der Waals surface area contributed by atoms with E-state index in [1.165, 1.54) is 7.11 Å². The van der Waals surface area contributed by atoms with Crippen molar-refractivity contribution in [3.8, 4) is 0 Å². The molecule has 5 nitrogen and oxygen atoms in total. The van der Waals surface area contributed by atoms with Crippen molar-refractivity contribution in [2.45, 2.75) is 0 Å². The number of aromatic amines is 1. The van der Waals surface area contributed by atoms with Crippen LogP contribution in [-0.4, -0.2) is 35.8 Å². The fraction of sp³-hybridized carbons (Fsp3) is 0.100. The molecule has 0 aliphatic carbocycles. The largest absolute Gasteiger partial charge is 0.464 e. The van der Waals surface area contributed by atoms with Crippen LogP contribution in [-0.2, 0) is 4.74 Å². The lowest BCUT2D eigenvalue weighted by atomic mass is 10.2. The molecule has 0 amide bonds. The van der Waals surface area contributed by atoms with E-state index in [1.807, 2.05) is 18.2 Å². The van der Waals surface area contributed by atoms with Crippen LogP contribution in [0.25, 0.3) is 10.9 Å². The van der Waals surface area contributed by atoms with E-state index in [9.17, 15) is 4.79 Å². The van der Waals surface area contributed by atoms with Crippen LogP contribution >= 0.6 is 15.9 Å². The minimum Gasteiger partial charge on any atom is -0.464 e. The number of fused-ring (bicyclic) bond motifs is 1. The zero-order chi connectivity index (χ0) is 12.8. The van der Waals surface area contributed by atoms with Gasteiger partial charge in [-0.2, -0.15) is 0 Å². The van der Waals surface area contributed by atoms with Gasteiger partial charge >= 0.3 is 13.7 Å². The lowest BCUT2D eigenvalue weighted by Gasteiger charge is -1.91. The van der Waals surface area contributed by atoms with Gasteiger partial charge in [0.05, 0.1) is 7.11 Å². The Bertz CT molecular complexity index is 514. The molecule has 2 rings (SSSR count). The molecule has 7 heteroatoms. The first-order chi connectivity index (χ1) is 8.13. The van der Waals surface area contributed by atoms with Crippen molar-refractivity contribution in [1.29, 1.82) is 0 Å². The average molecular weight is 300 g/mol. The minimum absolute atomic E-state index is 0.354. The molecule has 1 heterocycles. The van der Waals surface area contributed by atoms with Gasteiger partial charge in [0.25, 0.3) is 0 Å². The molecule has 2 aromatic rings. The van der Waals surface area contributed by atoms with Gasteiger partial charge in [-0.05, 0) is 18.2 Å². The standard InChI is InChI=1S/C10H8BrNO2.BH3O2/c1-14-10(13)9-5-6-7(11)3-2-4-8(6)12-9;2-1-3/h2-5,12H,1H3;1-3H. The fourth-order valence-corrected chi connectivity index (χ4v) is 1.82. The monoisotopic (exact) mass is 299 g/mol. The third-order valence-electron chi connectivity index (χ3n) is 2.02. The Morgan fingerprint density at radius 2 is 2.12 bits per heavy atom. The van der Waals surface area contributed by atoms with E-state index in [-0.39, 0.29) is 5.97 Å². The van der Waals surface area contributed by atoms with Gasteiger partial charge in [0.15, 0.2) is 0 Å². The predicted molar refractivity (Wildman–Crippen MR) is 68.9 cm³/mol. The normalized spacial score (nSPS) is 9.41.